The first-order valence-corrected chi connectivity index (χ1v) is 9.52. The van der Waals surface area contributed by atoms with Gasteiger partial charge in [-0.1, -0.05) is 13.8 Å². The molecule has 0 bridgehead atoms. The molecule has 30 heavy (non-hydrogen) atoms. The Morgan fingerprint density at radius 1 is 1.13 bits per heavy atom. The van der Waals surface area contributed by atoms with Crippen molar-refractivity contribution in [3.05, 3.63) is 18.2 Å². The molecule has 4 atom stereocenters. The Morgan fingerprint density at radius 3 is 2.30 bits per heavy atom. The third-order valence-corrected chi connectivity index (χ3v) is 4.20. The van der Waals surface area contributed by atoms with E-state index in [0.717, 1.165) is 0 Å². The van der Waals surface area contributed by atoms with Crippen LogP contribution in [0.4, 0.5) is 0 Å². The predicted molar refractivity (Wildman–Crippen MR) is 106 cm³/mol. The summed E-state index contributed by atoms with van der Waals surface area (Å²) in [6, 6.07) is -3.37. The van der Waals surface area contributed by atoms with E-state index in [0.29, 0.717) is 5.69 Å². The molecule has 1 rings (SSSR count). The number of aliphatic hydroxyl groups excluding tert-OH is 1. The fraction of sp³-hybridized carbons (Fsp3) is 0.611. The summed E-state index contributed by atoms with van der Waals surface area (Å²) in [6.07, 6.45) is 2.02. The van der Waals surface area contributed by atoms with Crippen LogP contribution >= 0.6 is 0 Å². The molecule has 8 N–H and O–H groups in total. The average molecular weight is 426 g/mol. The summed E-state index contributed by atoms with van der Waals surface area (Å²) < 4.78 is 0. The van der Waals surface area contributed by atoms with Gasteiger partial charge in [-0.2, -0.15) is 0 Å². The fourth-order valence-corrected chi connectivity index (χ4v) is 2.54. The van der Waals surface area contributed by atoms with Crippen molar-refractivity contribution in [1.29, 1.82) is 0 Å². The van der Waals surface area contributed by atoms with Crippen LogP contribution in [-0.4, -0.2) is 74.6 Å². The summed E-state index contributed by atoms with van der Waals surface area (Å²) in [5.41, 5.74) is 6.11. The minimum absolute atomic E-state index is 0.00170. The summed E-state index contributed by atoms with van der Waals surface area (Å²) in [7, 11) is 0. The van der Waals surface area contributed by atoms with Crippen LogP contribution in [0.1, 0.15) is 32.9 Å². The lowest BCUT2D eigenvalue weighted by atomic mass is 10.0. The average Bonchev–Trinajstić information content (AvgIpc) is 3.16. The number of carbonyl (C=O) groups excluding carboxylic acids is 3. The van der Waals surface area contributed by atoms with E-state index in [2.05, 4.69) is 25.9 Å². The Morgan fingerprint density at radius 2 is 1.80 bits per heavy atom. The normalized spacial score (nSPS) is 15.0. The van der Waals surface area contributed by atoms with Crippen molar-refractivity contribution in [3.8, 4) is 0 Å². The van der Waals surface area contributed by atoms with Gasteiger partial charge in [-0.05, 0) is 19.3 Å². The highest BCUT2D eigenvalue weighted by Crippen LogP contribution is 2.06. The van der Waals surface area contributed by atoms with Gasteiger partial charge in [0.2, 0.25) is 17.7 Å². The number of nitrogens with one attached hydrogen (secondary N) is 4. The van der Waals surface area contributed by atoms with E-state index < -0.39 is 54.5 Å². The van der Waals surface area contributed by atoms with Gasteiger partial charge in [0.1, 0.15) is 18.1 Å². The molecule has 1 aromatic heterocycles. The highest BCUT2D eigenvalue weighted by Gasteiger charge is 2.27. The van der Waals surface area contributed by atoms with Crippen molar-refractivity contribution >= 4 is 23.7 Å². The van der Waals surface area contributed by atoms with Gasteiger partial charge in [0.25, 0.3) is 0 Å². The van der Waals surface area contributed by atoms with E-state index >= 15 is 0 Å². The summed E-state index contributed by atoms with van der Waals surface area (Å²) in [6.45, 7) is 4.58. The zero-order chi connectivity index (χ0) is 22.8. The summed E-state index contributed by atoms with van der Waals surface area (Å²) in [5.74, 6) is -3.21. The number of nitrogens with two attached hydrogens (primary N) is 1. The first kappa shape index (κ1) is 25.0. The molecule has 1 heterocycles. The number of aliphatic carboxylic acids is 1. The maximum atomic E-state index is 12.4. The molecule has 0 spiro atoms. The smallest absolute Gasteiger partial charge is 0.326 e. The zero-order valence-corrected chi connectivity index (χ0v) is 17.2. The first-order valence-electron chi connectivity index (χ1n) is 9.52. The van der Waals surface area contributed by atoms with Gasteiger partial charge in [0.15, 0.2) is 0 Å². The molecule has 0 saturated carbocycles. The number of nitrogens with zero attached hydrogens (tertiary/aromatic N) is 1. The zero-order valence-electron chi connectivity index (χ0n) is 17.2. The molecule has 0 radical (unpaired) electrons. The number of carboxylic acid groups (broad SMARTS) is 1. The number of carbonyl (C=O) groups is 4. The quantitative estimate of drug-likeness (QED) is 0.196. The molecule has 4 unspecified atom stereocenters. The van der Waals surface area contributed by atoms with Crippen molar-refractivity contribution in [2.75, 3.05) is 6.54 Å². The number of amides is 3. The molecule has 0 aromatic carbocycles. The van der Waals surface area contributed by atoms with Crippen LogP contribution in [-0.2, 0) is 25.6 Å². The molecule has 0 aliphatic carbocycles. The van der Waals surface area contributed by atoms with Crippen molar-refractivity contribution in [3.63, 3.8) is 0 Å². The molecule has 168 valence electrons. The molecular formula is C18H30N6O6. The number of carboxylic acids is 1. The van der Waals surface area contributed by atoms with Crippen molar-refractivity contribution in [2.45, 2.75) is 57.8 Å². The maximum Gasteiger partial charge on any atom is 0.326 e. The maximum absolute atomic E-state index is 12.4. The topological polar surface area (TPSA) is 200 Å². The second-order valence-electron chi connectivity index (χ2n) is 7.41. The minimum atomic E-state index is -1.23. The van der Waals surface area contributed by atoms with Crippen molar-refractivity contribution in [1.82, 2.24) is 25.9 Å². The number of aliphatic hydroxyl groups is 1. The number of rotatable bonds is 12. The van der Waals surface area contributed by atoms with E-state index in [1.807, 2.05) is 13.8 Å². The Kier molecular flexibility index (Phi) is 9.92. The third-order valence-electron chi connectivity index (χ3n) is 4.20. The lowest BCUT2D eigenvalue weighted by molar-refractivity contribution is -0.141. The summed E-state index contributed by atoms with van der Waals surface area (Å²) in [5, 5.41) is 25.9. The fourth-order valence-electron chi connectivity index (χ4n) is 2.54. The predicted octanol–water partition coefficient (Wildman–Crippen LogP) is -2.12. The Labute approximate surface area is 174 Å². The number of imidazole rings is 1. The lowest BCUT2D eigenvalue weighted by Gasteiger charge is -2.23. The first-order chi connectivity index (χ1) is 14.0. The largest absolute Gasteiger partial charge is 0.480 e. The Bertz CT molecular complexity index is 721. The van der Waals surface area contributed by atoms with Gasteiger partial charge in [-0.25, -0.2) is 9.78 Å². The number of aromatic amines is 1. The highest BCUT2D eigenvalue weighted by atomic mass is 16.4. The minimum Gasteiger partial charge on any atom is -0.480 e. The molecule has 12 nitrogen and oxygen atoms in total. The Balaban J connectivity index is 2.64. The SMILES string of the molecule is CC(C)CC(NC(=O)C(N)C(C)O)C(=O)NCC(=O)NC(Cc1cnc[nH]1)C(=O)O. The van der Waals surface area contributed by atoms with Crippen molar-refractivity contribution in [2.24, 2.45) is 11.7 Å². The molecule has 3 amide bonds. The molecular weight excluding hydrogens is 396 g/mol. The van der Waals surface area contributed by atoms with E-state index in [1.54, 1.807) is 0 Å². The second kappa shape index (κ2) is 11.9. The second-order valence-corrected chi connectivity index (χ2v) is 7.41. The third kappa shape index (κ3) is 8.57. The van der Waals surface area contributed by atoms with E-state index in [-0.39, 0.29) is 18.8 Å². The van der Waals surface area contributed by atoms with Crippen molar-refractivity contribution < 1.29 is 29.4 Å². The van der Waals surface area contributed by atoms with E-state index in [1.165, 1.54) is 19.4 Å². The highest BCUT2D eigenvalue weighted by molar-refractivity contribution is 5.92. The molecule has 0 aliphatic rings. The molecule has 1 aromatic rings. The lowest BCUT2D eigenvalue weighted by Crippen LogP contribution is -2.55. The van der Waals surface area contributed by atoms with Crippen LogP contribution in [0.25, 0.3) is 0 Å². The number of hydrogen-bond donors (Lipinski definition) is 7. The van der Waals surface area contributed by atoms with Crippen LogP contribution in [0.5, 0.6) is 0 Å². The molecule has 0 saturated heterocycles. The van der Waals surface area contributed by atoms with Crippen LogP contribution in [0.3, 0.4) is 0 Å². The summed E-state index contributed by atoms with van der Waals surface area (Å²) >= 11 is 0. The van der Waals surface area contributed by atoms with E-state index in [9.17, 15) is 29.4 Å². The Hall–Kier alpha value is -2.99. The number of hydrogen-bond acceptors (Lipinski definition) is 7. The van der Waals surface area contributed by atoms with Crippen LogP contribution in [0.2, 0.25) is 0 Å². The molecule has 12 heteroatoms. The monoisotopic (exact) mass is 426 g/mol. The number of H-pyrrole nitrogens is 1. The van der Waals surface area contributed by atoms with Gasteiger partial charge in [0.05, 0.1) is 19.0 Å². The summed E-state index contributed by atoms with van der Waals surface area (Å²) in [4.78, 5) is 54.5. The van der Waals surface area contributed by atoms with Gasteiger partial charge < -0.3 is 36.9 Å². The standard InChI is InChI=1S/C18H30N6O6/c1-9(2)4-12(24-17(28)15(19)10(3)25)16(27)21-7-14(26)23-13(18(29)30)5-11-6-20-8-22-11/h6,8-10,12-13,15,25H,4-5,7,19H2,1-3H3,(H,20,22)(H,21,27)(H,23,26)(H,24,28)(H,29,30). The van der Waals surface area contributed by atoms with Gasteiger partial charge in [-0.15, -0.1) is 0 Å². The molecule has 0 aliphatic heterocycles. The van der Waals surface area contributed by atoms with Gasteiger partial charge >= 0.3 is 5.97 Å². The number of aromatic nitrogens is 2. The van der Waals surface area contributed by atoms with E-state index in [4.69, 9.17) is 5.73 Å². The van der Waals surface area contributed by atoms with Crippen LogP contribution in [0, 0.1) is 5.92 Å². The van der Waals surface area contributed by atoms with Gasteiger partial charge in [0, 0.05) is 18.3 Å². The van der Waals surface area contributed by atoms with Crippen LogP contribution in [0.15, 0.2) is 12.5 Å². The van der Waals surface area contributed by atoms with Gasteiger partial charge in [-0.3, -0.25) is 14.4 Å². The van der Waals surface area contributed by atoms with Crippen LogP contribution < -0.4 is 21.7 Å². The molecule has 0 fully saturated rings.